The first-order valence-corrected chi connectivity index (χ1v) is 9.66. The minimum atomic E-state index is -0.427. The molecule has 0 saturated carbocycles. The number of carbonyl (C=O) groups excluding carboxylic acids is 2. The Balaban J connectivity index is 1.89. The number of hydrogen-bond donors (Lipinski definition) is 1. The Morgan fingerprint density at radius 1 is 1.04 bits per heavy atom. The summed E-state index contributed by atoms with van der Waals surface area (Å²) in [7, 11) is 0. The van der Waals surface area contributed by atoms with Crippen LogP contribution in [0.4, 0.5) is 5.00 Å². The predicted octanol–water partition coefficient (Wildman–Crippen LogP) is 5.08. The average molecular weight is 379 g/mol. The van der Waals surface area contributed by atoms with Gasteiger partial charge in [-0.05, 0) is 25.0 Å². The summed E-state index contributed by atoms with van der Waals surface area (Å²) in [6.07, 6.45) is 0.251. The van der Waals surface area contributed by atoms with Crippen LogP contribution in [0, 0.1) is 6.92 Å². The van der Waals surface area contributed by atoms with Crippen molar-refractivity contribution in [3.05, 3.63) is 76.7 Å². The van der Waals surface area contributed by atoms with Crippen LogP contribution in [0.3, 0.4) is 0 Å². The Hall–Kier alpha value is -2.92. The van der Waals surface area contributed by atoms with Gasteiger partial charge < -0.3 is 10.1 Å². The first-order chi connectivity index (χ1) is 13.1. The average Bonchev–Trinajstić information content (AvgIpc) is 3.06. The number of rotatable bonds is 6. The third-order valence-electron chi connectivity index (χ3n) is 4.09. The van der Waals surface area contributed by atoms with E-state index in [9.17, 15) is 9.59 Å². The Kier molecular flexibility index (Phi) is 6.04. The van der Waals surface area contributed by atoms with Crippen LogP contribution in [0.25, 0.3) is 11.1 Å². The molecule has 4 nitrogen and oxygen atoms in total. The van der Waals surface area contributed by atoms with Crippen LogP contribution in [0.2, 0.25) is 0 Å². The van der Waals surface area contributed by atoms with Gasteiger partial charge in [0, 0.05) is 10.9 Å². The third-order valence-corrected chi connectivity index (χ3v) is 4.99. The van der Waals surface area contributed by atoms with Crippen molar-refractivity contribution in [2.45, 2.75) is 20.3 Å². The van der Waals surface area contributed by atoms with Crippen molar-refractivity contribution in [2.24, 2.45) is 0 Å². The van der Waals surface area contributed by atoms with Crippen molar-refractivity contribution in [3.63, 3.8) is 0 Å². The molecule has 0 fully saturated rings. The number of thiophene rings is 1. The van der Waals surface area contributed by atoms with E-state index in [0.717, 1.165) is 22.3 Å². The van der Waals surface area contributed by atoms with Gasteiger partial charge in [0.25, 0.3) is 0 Å². The van der Waals surface area contributed by atoms with E-state index in [1.807, 2.05) is 66.9 Å². The maximum Gasteiger partial charge on any atom is 0.341 e. The summed E-state index contributed by atoms with van der Waals surface area (Å²) in [5, 5.41) is 5.28. The van der Waals surface area contributed by atoms with Gasteiger partial charge in [-0.25, -0.2) is 4.79 Å². The van der Waals surface area contributed by atoms with E-state index in [0.29, 0.717) is 10.6 Å². The number of nitrogens with one attached hydrogen (secondary N) is 1. The fourth-order valence-corrected chi connectivity index (χ4v) is 3.73. The van der Waals surface area contributed by atoms with Gasteiger partial charge in [-0.1, -0.05) is 60.2 Å². The molecule has 0 atom stereocenters. The number of aryl methyl sites for hydroxylation is 1. The quantitative estimate of drug-likeness (QED) is 0.608. The van der Waals surface area contributed by atoms with Gasteiger partial charge in [0.2, 0.25) is 5.91 Å². The summed E-state index contributed by atoms with van der Waals surface area (Å²) in [5.41, 5.74) is 4.16. The highest BCUT2D eigenvalue weighted by atomic mass is 32.1. The number of hydrogen-bond acceptors (Lipinski definition) is 4. The molecule has 0 spiro atoms. The SMILES string of the molecule is CCOC(=O)c1c(-c2ccc(C)cc2)csc1NC(=O)Cc1ccccc1. The van der Waals surface area contributed by atoms with Crippen molar-refractivity contribution in [1.29, 1.82) is 0 Å². The molecule has 0 aliphatic heterocycles. The van der Waals surface area contributed by atoms with Crippen molar-refractivity contribution in [3.8, 4) is 11.1 Å². The summed E-state index contributed by atoms with van der Waals surface area (Å²) >= 11 is 1.34. The van der Waals surface area contributed by atoms with Crippen LogP contribution in [-0.4, -0.2) is 18.5 Å². The lowest BCUT2D eigenvalue weighted by molar-refractivity contribution is -0.115. The highest BCUT2D eigenvalue weighted by Gasteiger charge is 2.22. The zero-order chi connectivity index (χ0) is 19.2. The second-order valence-corrected chi connectivity index (χ2v) is 7.03. The Bertz CT molecular complexity index is 930. The van der Waals surface area contributed by atoms with Gasteiger partial charge in [0.15, 0.2) is 0 Å². The second-order valence-electron chi connectivity index (χ2n) is 6.15. The maximum absolute atomic E-state index is 12.6. The standard InChI is InChI=1S/C22H21NO3S/c1-3-26-22(25)20-18(17-11-9-15(2)10-12-17)14-27-21(20)23-19(24)13-16-7-5-4-6-8-16/h4-12,14H,3,13H2,1-2H3,(H,23,24). The molecule has 0 aliphatic carbocycles. The fourth-order valence-electron chi connectivity index (χ4n) is 2.75. The lowest BCUT2D eigenvalue weighted by Gasteiger charge is -2.09. The molecule has 138 valence electrons. The third kappa shape index (κ3) is 4.63. The number of benzene rings is 2. The molecule has 0 bridgehead atoms. The zero-order valence-corrected chi connectivity index (χ0v) is 16.1. The number of anilines is 1. The van der Waals surface area contributed by atoms with E-state index in [-0.39, 0.29) is 18.9 Å². The lowest BCUT2D eigenvalue weighted by Crippen LogP contribution is -2.16. The van der Waals surface area contributed by atoms with E-state index < -0.39 is 5.97 Å². The molecule has 0 unspecified atom stereocenters. The molecule has 1 N–H and O–H groups in total. The van der Waals surface area contributed by atoms with Gasteiger partial charge in [-0.15, -0.1) is 11.3 Å². The number of esters is 1. The molecule has 1 amide bonds. The maximum atomic E-state index is 12.6. The summed E-state index contributed by atoms with van der Waals surface area (Å²) in [6, 6.07) is 17.4. The molecule has 3 rings (SSSR count). The highest BCUT2D eigenvalue weighted by molar-refractivity contribution is 7.15. The van der Waals surface area contributed by atoms with Crippen LogP contribution in [0.1, 0.15) is 28.4 Å². The molecular formula is C22H21NO3S. The Morgan fingerprint density at radius 3 is 2.41 bits per heavy atom. The Morgan fingerprint density at radius 2 is 1.74 bits per heavy atom. The number of amides is 1. The smallest absolute Gasteiger partial charge is 0.341 e. The molecule has 1 heterocycles. The molecule has 2 aromatic carbocycles. The van der Waals surface area contributed by atoms with Crippen LogP contribution < -0.4 is 5.32 Å². The van der Waals surface area contributed by atoms with Crippen molar-refractivity contribution in [2.75, 3.05) is 11.9 Å². The van der Waals surface area contributed by atoms with E-state index in [1.54, 1.807) is 6.92 Å². The van der Waals surface area contributed by atoms with Crippen LogP contribution in [0.5, 0.6) is 0 Å². The van der Waals surface area contributed by atoms with Crippen LogP contribution in [-0.2, 0) is 16.0 Å². The molecule has 5 heteroatoms. The van der Waals surface area contributed by atoms with E-state index in [2.05, 4.69) is 5.32 Å². The second kappa shape index (κ2) is 8.64. The first-order valence-electron chi connectivity index (χ1n) is 8.78. The van der Waals surface area contributed by atoms with Gasteiger partial charge in [-0.3, -0.25) is 4.79 Å². The van der Waals surface area contributed by atoms with Crippen molar-refractivity contribution < 1.29 is 14.3 Å². The molecule has 1 aromatic heterocycles. The molecular weight excluding hydrogens is 358 g/mol. The molecule has 27 heavy (non-hydrogen) atoms. The van der Waals surface area contributed by atoms with Crippen LogP contribution in [0.15, 0.2) is 60.0 Å². The summed E-state index contributed by atoms with van der Waals surface area (Å²) < 4.78 is 5.23. The first kappa shape index (κ1) is 18.9. The molecule has 0 saturated heterocycles. The molecule has 0 radical (unpaired) electrons. The molecule has 3 aromatic rings. The van der Waals surface area contributed by atoms with Crippen molar-refractivity contribution >= 4 is 28.2 Å². The summed E-state index contributed by atoms with van der Waals surface area (Å²) in [4.78, 5) is 25.0. The summed E-state index contributed by atoms with van der Waals surface area (Å²) in [6.45, 7) is 4.06. The monoisotopic (exact) mass is 379 g/mol. The number of ether oxygens (including phenoxy) is 1. The minimum absolute atomic E-state index is 0.163. The predicted molar refractivity (Wildman–Crippen MR) is 109 cm³/mol. The molecule has 0 aliphatic rings. The fraction of sp³-hybridized carbons (Fsp3) is 0.182. The van der Waals surface area contributed by atoms with E-state index >= 15 is 0 Å². The minimum Gasteiger partial charge on any atom is -0.462 e. The van der Waals surface area contributed by atoms with Crippen molar-refractivity contribution in [1.82, 2.24) is 0 Å². The number of carbonyl (C=O) groups is 2. The van der Waals surface area contributed by atoms with Gasteiger partial charge in [0.05, 0.1) is 13.0 Å². The largest absolute Gasteiger partial charge is 0.462 e. The lowest BCUT2D eigenvalue weighted by atomic mass is 10.0. The normalized spacial score (nSPS) is 10.4. The topological polar surface area (TPSA) is 55.4 Å². The van der Waals surface area contributed by atoms with Crippen LogP contribution >= 0.6 is 11.3 Å². The summed E-state index contributed by atoms with van der Waals surface area (Å²) in [5.74, 6) is -0.589. The van der Waals surface area contributed by atoms with Gasteiger partial charge in [0.1, 0.15) is 10.6 Å². The highest BCUT2D eigenvalue weighted by Crippen LogP contribution is 2.36. The van der Waals surface area contributed by atoms with Gasteiger partial charge >= 0.3 is 5.97 Å². The van der Waals surface area contributed by atoms with E-state index in [4.69, 9.17) is 4.74 Å². The Labute approximate surface area is 162 Å². The van der Waals surface area contributed by atoms with Gasteiger partial charge in [-0.2, -0.15) is 0 Å². The van der Waals surface area contributed by atoms with E-state index in [1.165, 1.54) is 11.3 Å². The zero-order valence-electron chi connectivity index (χ0n) is 15.3.